The molecule has 2 aromatic rings. The van der Waals surface area contributed by atoms with Crippen LogP contribution in [0.4, 0.5) is 11.4 Å². The van der Waals surface area contributed by atoms with E-state index in [0.717, 1.165) is 23.4 Å². The highest BCUT2D eigenvalue weighted by Crippen LogP contribution is 2.52. The van der Waals surface area contributed by atoms with E-state index in [-0.39, 0.29) is 11.8 Å². The third-order valence-electron chi connectivity index (χ3n) is 4.36. The Balaban J connectivity index is 1.94. The van der Waals surface area contributed by atoms with Gasteiger partial charge >= 0.3 is 0 Å². The lowest BCUT2D eigenvalue weighted by atomic mass is 9.94. The number of amides is 1. The van der Waals surface area contributed by atoms with Crippen molar-refractivity contribution in [2.45, 2.75) is 19.0 Å². The Hall–Kier alpha value is -2.29. The van der Waals surface area contributed by atoms with Crippen molar-refractivity contribution in [2.75, 3.05) is 10.2 Å². The fourth-order valence-electron chi connectivity index (χ4n) is 3.49. The number of hydrogen-bond acceptors (Lipinski definition) is 2. The van der Waals surface area contributed by atoms with E-state index >= 15 is 0 Å². The number of rotatable bonds is 1. The van der Waals surface area contributed by atoms with E-state index in [1.807, 2.05) is 54.3 Å². The standard InChI is InChI=1S/C17H16N2O/c1-12-11-17(13-7-3-2-4-8-13)18-14-9-5-6-10-15(14)19(17)16(12)20/h2-10,12,18H,11H2,1H3/t12-,17+/m0/s1. The van der Waals surface area contributed by atoms with E-state index < -0.39 is 5.66 Å². The van der Waals surface area contributed by atoms with E-state index in [9.17, 15) is 4.79 Å². The van der Waals surface area contributed by atoms with Crippen LogP contribution in [-0.2, 0) is 10.5 Å². The maximum absolute atomic E-state index is 12.6. The zero-order valence-corrected chi connectivity index (χ0v) is 11.3. The van der Waals surface area contributed by atoms with Gasteiger partial charge in [0.1, 0.15) is 5.66 Å². The molecule has 2 aliphatic heterocycles. The van der Waals surface area contributed by atoms with Crippen LogP contribution in [0.1, 0.15) is 18.9 Å². The fourth-order valence-corrected chi connectivity index (χ4v) is 3.49. The van der Waals surface area contributed by atoms with Crippen molar-refractivity contribution in [3.05, 3.63) is 60.2 Å². The summed E-state index contributed by atoms with van der Waals surface area (Å²) in [6.45, 7) is 2.01. The van der Waals surface area contributed by atoms with Gasteiger partial charge in [-0.3, -0.25) is 9.69 Å². The first-order valence-electron chi connectivity index (χ1n) is 6.99. The van der Waals surface area contributed by atoms with Gasteiger partial charge in [-0.2, -0.15) is 0 Å². The summed E-state index contributed by atoms with van der Waals surface area (Å²) in [4.78, 5) is 14.6. The molecule has 20 heavy (non-hydrogen) atoms. The van der Waals surface area contributed by atoms with Crippen molar-refractivity contribution >= 4 is 17.3 Å². The summed E-state index contributed by atoms with van der Waals surface area (Å²) in [6.07, 6.45) is 0.796. The predicted molar refractivity (Wildman–Crippen MR) is 79.5 cm³/mol. The maximum atomic E-state index is 12.6. The Morgan fingerprint density at radius 2 is 1.80 bits per heavy atom. The molecule has 0 radical (unpaired) electrons. The van der Waals surface area contributed by atoms with Gasteiger partial charge in [0, 0.05) is 12.3 Å². The van der Waals surface area contributed by atoms with Crippen LogP contribution in [-0.4, -0.2) is 5.91 Å². The SMILES string of the molecule is C[C@H]1C[C@@]2(c3ccccc3)Nc3ccccc3N2C1=O. The summed E-state index contributed by atoms with van der Waals surface area (Å²) in [6, 6.07) is 18.3. The average molecular weight is 264 g/mol. The van der Waals surface area contributed by atoms with Crippen molar-refractivity contribution < 1.29 is 4.79 Å². The monoisotopic (exact) mass is 264 g/mol. The van der Waals surface area contributed by atoms with E-state index in [4.69, 9.17) is 0 Å². The summed E-state index contributed by atoms with van der Waals surface area (Å²) in [7, 11) is 0. The molecule has 3 nitrogen and oxygen atoms in total. The van der Waals surface area contributed by atoms with Gasteiger partial charge < -0.3 is 5.32 Å². The molecule has 3 heteroatoms. The number of benzene rings is 2. The highest BCUT2D eigenvalue weighted by Gasteiger charge is 2.55. The summed E-state index contributed by atoms with van der Waals surface area (Å²) < 4.78 is 0. The van der Waals surface area contributed by atoms with Gasteiger partial charge in [-0.05, 0) is 17.7 Å². The molecule has 4 rings (SSSR count). The first-order valence-corrected chi connectivity index (χ1v) is 6.99. The quantitative estimate of drug-likeness (QED) is 0.856. The number of hydrogen-bond donors (Lipinski definition) is 1. The molecule has 1 amide bonds. The van der Waals surface area contributed by atoms with Gasteiger partial charge in [0.2, 0.25) is 5.91 Å². The van der Waals surface area contributed by atoms with E-state index in [1.54, 1.807) is 0 Å². The van der Waals surface area contributed by atoms with Crippen LogP contribution in [0.2, 0.25) is 0 Å². The van der Waals surface area contributed by atoms with Gasteiger partial charge in [0.15, 0.2) is 0 Å². The Morgan fingerprint density at radius 1 is 1.10 bits per heavy atom. The summed E-state index contributed by atoms with van der Waals surface area (Å²) in [5.41, 5.74) is 2.76. The number of carbonyl (C=O) groups is 1. The van der Waals surface area contributed by atoms with E-state index in [0.29, 0.717) is 0 Å². The molecule has 100 valence electrons. The Morgan fingerprint density at radius 3 is 2.60 bits per heavy atom. The zero-order valence-electron chi connectivity index (χ0n) is 11.3. The Bertz CT molecular complexity index is 682. The van der Waals surface area contributed by atoms with Crippen LogP contribution in [0.3, 0.4) is 0 Å². The third kappa shape index (κ3) is 1.32. The molecule has 0 aliphatic carbocycles. The van der Waals surface area contributed by atoms with Crippen LogP contribution < -0.4 is 10.2 Å². The van der Waals surface area contributed by atoms with E-state index in [1.165, 1.54) is 0 Å². The average Bonchev–Trinajstić information content (AvgIpc) is 2.93. The molecule has 0 saturated carbocycles. The molecule has 2 heterocycles. The van der Waals surface area contributed by atoms with Crippen LogP contribution >= 0.6 is 0 Å². The van der Waals surface area contributed by atoms with Crippen LogP contribution in [0, 0.1) is 5.92 Å². The lowest BCUT2D eigenvalue weighted by molar-refractivity contribution is -0.120. The van der Waals surface area contributed by atoms with Crippen molar-refractivity contribution in [1.29, 1.82) is 0 Å². The summed E-state index contributed by atoms with van der Waals surface area (Å²) in [5.74, 6) is 0.238. The van der Waals surface area contributed by atoms with E-state index in [2.05, 4.69) is 17.4 Å². The Labute approximate surface area is 118 Å². The first kappa shape index (κ1) is 11.5. The Kier molecular flexibility index (Phi) is 2.22. The topological polar surface area (TPSA) is 32.3 Å². The minimum Gasteiger partial charge on any atom is -0.357 e. The zero-order chi connectivity index (χ0) is 13.7. The summed E-state index contributed by atoms with van der Waals surface area (Å²) in [5, 5.41) is 3.59. The number of carbonyl (C=O) groups excluding carboxylic acids is 1. The number of para-hydroxylation sites is 2. The van der Waals surface area contributed by atoms with Crippen molar-refractivity contribution in [2.24, 2.45) is 5.92 Å². The second kappa shape index (κ2) is 3.85. The molecule has 2 aliphatic rings. The molecule has 0 unspecified atom stereocenters. The van der Waals surface area contributed by atoms with Gasteiger partial charge in [0.05, 0.1) is 11.4 Å². The molecule has 1 saturated heterocycles. The smallest absolute Gasteiger partial charge is 0.232 e. The van der Waals surface area contributed by atoms with Crippen molar-refractivity contribution in [1.82, 2.24) is 0 Å². The highest BCUT2D eigenvalue weighted by atomic mass is 16.2. The lowest BCUT2D eigenvalue weighted by Gasteiger charge is -2.32. The number of nitrogens with one attached hydrogen (secondary N) is 1. The number of nitrogens with zero attached hydrogens (tertiary/aromatic N) is 1. The van der Waals surface area contributed by atoms with Crippen LogP contribution in [0.5, 0.6) is 0 Å². The molecule has 0 bridgehead atoms. The van der Waals surface area contributed by atoms with Crippen molar-refractivity contribution in [3.8, 4) is 0 Å². The molecular formula is C17H16N2O. The number of fused-ring (bicyclic) bond motifs is 3. The van der Waals surface area contributed by atoms with Crippen LogP contribution in [0.25, 0.3) is 0 Å². The molecular weight excluding hydrogens is 248 g/mol. The highest BCUT2D eigenvalue weighted by molar-refractivity contribution is 6.05. The molecule has 1 N–H and O–H groups in total. The maximum Gasteiger partial charge on any atom is 0.232 e. The molecule has 0 aromatic heterocycles. The lowest BCUT2D eigenvalue weighted by Crippen LogP contribution is -2.44. The molecule has 2 aromatic carbocycles. The molecule has 2 atom stereocenters. The summed E-state index contributed by atoms with van der Waals surface area (Å²) >= 11 is 0. The third-order valence-corrected chi connectivity index (χ3v) is 4.36. The van der Waals surface area contributed by atoms with Gasteiger partial charge in [0.25, 0.3) is 0 Å². The van der Waals surface area contributed by atoms with Crippen LogP contribution in [0.15, 0.2) is 54.6 Å². The molecule has 0 spiro atoms. The predicted octanol–water partition coefficient (Wildman–Crippen LogP) is 3.34. The minimum absolute atomic E-state index is 0.0380. The largest absolute Gasteiger partial charge is 0.357 e. The second-order valence-electron chi connectivity index (χ2n) is 5.65. The fraction of sp³-hybridized carbons (Fsp3) is 0.235. The van der Waals surface area contributed by atoms with Crippen molar-refractivity contribution in [3.63, 3.8) is 0 Å². The second-order valence-corrected chi connectivity index (χ2v) is 5.65. The first-order chi connectivity index (χ1) is 9.72. The van der Waals surface area contributed by atoms with Gasteiger partial charge in [-0.25, -0.2) is 0 Å². The number of anilines is 2. The molecule has 1 fully saturated rings. The van der Waals surface area contributed by atoms with Gasteiger partial charge in [-0.1, -0.05) is 49.4 Å². The van der Waals surface area contributed by atoms with Gasteiger partial charge in [-0.15, -0.1) is 0 Å². The normalized spacial score (nSPS) is 27.1. The minimum atomic E-state index is -0.415.